The molecule has 3 N–H and O–H groups in total. The van der Waals surface area contributed by atoms with Crippen molar-refractivity contribution in [3.05, 3.63) is 102 Å². The molecule has 0 spiro atoms. The minimum atomic E-state index is -0.596. The van der Waals surface area contributed by atoms with Crippen molar-refractivity contribution in [3.8, 4) is 5.75 Å². The Bertz CT molecular complexity index is 919. The van der Waals surface area contributed by atoms with E-state index in [1.807, 2.05) is 43.3 Å². The first-order valence-electron chi connectivity index (χ1n) is 9.47. The second-order valence-electron chi connectivity index (χ2n) is 6.81. The highest BCUT2D eigenvalue weighted by Gasteiger charge is 2.24. The highest BCUT2D eigenvalue weighted by atomic mass is 16.5. The van der Waals surface area contributed by atoms with Gasteiger partial charge in [0.05, 0.1) is 5.56 Å². The number of rotatable bonds is 8. The fraction of sp³-hybridized carbons (Fsp3) is 0.167. The molecule has 0 unspecified atom stereocenters. The van der Waals surface area contributed by atoms with Gasteiger partial charge in [0.25, 0.3) is 11.8 Å². The van der Waals surface area contributed by atoms with Crippen LogP contribution in [0.1, 0.15) is 34.3 Å². The Balaban J connectivity index is 1.84. The minimum Gasteiger partial charge on any atom is -0.483 e. The molecule has 148 valence electrons. The van der Waals surface area contributed by atoms with Gasteiger partial charge in [0.15, 0.2) is 6.61 Å². The number of benzene rings is 3. The Kier molecular flexibility index (Phi) is 6.63. The van der Waals surface area contributed by atoms with Crippen LogP contribution < -0.4 is 15.8 Å². The zero-order valence-corrected chi connectivity index (χ0v) is 16.2. The van der Waals surface area contributed by atoms with Gasteiger partial charge in [0.1, 0.15) is 5.75 Å². The first-order valence-corrected chi connectivity index (χ1v) is 9.47. The monoisotopic (exact) mass is 388 g/mol. The average molecular weight is 388 g/mol. The highest BCUT2D eigenvalue weighted by Crippen LogP contribution is 2.28. The fourth-order valence-corrected chi connectivity index (χ4v) is 3.39. The second kappa shape index (κ2) is 9.55. The largest absolute Gasteiger partial charge is 0.483 e. The number of carbonyl (C=O) groups excluding carboxylic acids is 2. The molecule has 0 radical (unpaired) electrons. The van der Waals surface area contributed by atoms with Gasteiger partial charge < -0.3 is 15.8 Å². The molecule has 5 heteroatoms. The van der Waals surface area contributed by atoms with E-state index in [1.165, 1.54) is 0 Å². The van der Waals surface area contributed by atoms with Crippen LogP contribution in [-0.4, -0.2) is 24.5 Å². The summed E-state index contributed by atoms with van der Waals surface area (Å²) in [6, 6.07) is 26.8. The SMILES string of the molecule is C[C@@H](NC(=O)c1ccccc1OCC(N)=O)C(c1ccccc1)c1ccccc1. The summed E-state index contributed by atoms with van der Waals surface area (Å²) in [5.74, 6) is -0.553. The number of ether oxygens (including phenoxy) is 1. The van der Waals surface area contributed by atoms with Crippen LogP contribution in [0.5, 0.6) is 5.75 Å². The van der Waals surface area contributed by atoms with E-state index in [9.17, 15) is 9.59 Å². The van der Waals surface area contributed by atoms with Crippen molar-refractivity contribution < 1.29 is 14.3 Å². The average Bonchev–Trinajstić information content (AvgIpc) is 2.74. The van der Waals surface area contributed by atoms with E-state index in [-0.39, 0.29) is 24.5 Å². The second-order valence-corrected chi connectivity index (χ2v) is 6.81. The first kappa shape index (κ1) is 20.1. The van der Waals surface area contributed by atoms with E-state index in [0.717, 1.165) is 11.1 Å². The summed E-state index contributed by atoms with van der Waals surface area (Å²) in [5.41, 5.74) is 7.74. The van der Waals surface area contributed by atoms with Gasteiger partial charge in [-0.05, 0) is 30.2 Å². The van der Waals surface area contributed by atoms with E-state index < -0.39 is 5.91 Å². The quantitative estimate of drug-likeness (QED) is 0.620. The molecule has 3 aromatic carbocycles. The van der Waals surface area contributed by atoms with E-state index >= 15 is 0 Å². The van der Waals surface area contributed by atoms with Crippen molar-refractivity contribution in [1.29, 1.82) is 0 Å². The number of hydrogen-bond acceptors (Lipinski definition) is 3. The van der Waals surface area contributed by atoms with Gasteiger partial charge in [0, 0.05) is 12.0 Å². The number of para-hydroxylation sites is 1. The third-order valence-electron chi connectivity index (χ3n) is 4.68. The summed E-state index contributed by atoms with van der Waals surface area (Å²) in [5, 5.41) is 3.09. The Hall–Kier alpha value is -3.60. The molecule has 29 heavy (non-hydrogen) atoms. The van der Waals surface area contributed by atoms with Crippen LogP contribution >= 0.6 is 0 Å². The van der Waals surface area contributed by atoms with Crippen LogP contribution in [0.3, 0.4) is 0 Å². The van der Waals surface area contributed by atoms with Gasteiger partial charge in [0.2, 0.25) is 0 Å². The molecule has 0 aromatic heterocycles. The number of hydrogen-bond donors (Lipinski definition) is 2. The highest BCUT2D eigenvalue weighted by molar-refractivity contribution is 5.97. The van der Waals surface area contributed by atoms with Crippen LogP contribution in [-0.2, 0) is 4.79 Å². The van der Waals surface area contributed by atoms with E-state index in [1.54, 1.807) is 24.3 Å². The predicted molar refractivity (Wildman–Crippen MR) is 113 cm³/mol. The van der Waals surface area contributed by atoms with Crippen LogP contribution in [0, 0.1) is 0 Å². The molecule has 3 aromatic rings. The predicted octanol–water partition coefficient (Wildman–Crippen LogP) is 3.50. The lowest BCUT2D eigenvalue weighted by molar-refractivity contribution is -0.119. The van der Waals surface area contributed by atoms with Gasteiger partial charge in [-0.25, -0.2) is 0 Å². The zero-order valence-electron chi connectivity index (χ0n) is 16.2. The van der Waals surface area contributed by atoms with Gasteiger partial charge in [-0.2, -0.15) is 0 Å². The Morgan fingerprint density at radius 2 is 1.38 bits per heavy atom. The molecular weight excluding hydrogens is 364 g/mol. The zero-order chi connectivity index (χ0) is 20.6. The summed E-state index contributed by atoms with van der Waals surface area (Å²) in [6.07, 6.45) is 0. The van der Waals surface area contributed by atoms with Crippen LogP contribution in [0.25, 0.3) is 0 Å². The molecule has 5 nitrogen and oxygen atoms in total. The molecule has 0 fully saturated rings. The molecule has 0 bridgehead atoms. The lowest BCUT2D eigenvalue weighted by Crippen LogP contribution is -2.37. The van der Waals surface area contributed by atoms with Crippen molar-refractivity contribution in [3.63, 3.8) is 0 Å². The Labute approximate surface area is 170 Å². The molecular formula is C24H24N2O3. The molecule has 1 atom stereocenters. The van der Waals surface area contributed by atoms with E-state index in [0.29, 0.717) is 11.3 Å². The van der Waals surface area contributed by atoms with Crippen LogP contribution in [0.2, 0.25) is 0 Å². The lowest BCUT2D eigenvalue weighted by atomic mass is 9.85. The summed E-state index contributed by atoms with van der Waals surface area (Å²) < 4.78 is 5.40. The smallest absolute Gasteiger partial charge is 0.255 e. The number of nitrogens with one attached hydrogen (secondary N) is 1. The van der Waals surface area contributed by atoms with Crippen molar-refractivity contribution in [1.82, 2.24) is 5.32 Å². The van der Waals surface area contributed by atoms with Crippen molar-refractivity contribution in [2.75, 3.05) is 6.61 Å². The summed E-state index contributed by atoms with van der Waals surface area (Å²) in [4.78, 5) is 24.0. The standard InChI is InChI=1S/C24H24N2O3/c1-17(23(18-10-4-2-5-11-18)19-12-6-3-7-13-19)26-24(28)20-14-8-9-15-21(20)29-16-22(25)27/h2-15,17,23H,16H2,1H3,(H2,25,27)(H,26,28)/t17-/m1/s1. The Morgan fingerprint density at radius 1 is 0.862 bits per heavy atom. The summed E-state index contributed by atoms with van der Waals surface area (Å²) in [6.45, 7) is 1.70. The number of nitrogens with two attached hydrogens (primary N) is 1. The van der Waals surface area contributed by atoms with Crippen LogP contribution in [0.4, 0.5) is 0 Å². The maximum Gasteiger partial charge on any atom is 0.255 e. The first-order chi connectivity index (χ1) is 14.1. The molecule has 2 amide bonds. The van der Waals surface area contributed by atoms with Crippen molar-refractivity contribution in [2.24, 2.45) is 5.73 Å². The molecule has 3 rings (SSSR count). The molecule has 0 saturated heterocycles. The van der Waals surface area contributed by atoms with Gasteiger partial charge in [-0.1, -0.05) is 72.8 Å². The van der Waals surface area contributed by atoms with Crippen molar-refractivity contribution >= 4 is 11.8 Å². The molecule has 0 aliphatic carbocycles. The maximum absolute atomic E-state index is 13.0. The lowest BCUT2D eigenvalue weighted by Gasteiger charge is -2.26. The van der Waals surface area contributed by atoms with E-state index in [4.69, 9.17) is 10.5 Å². The van der Waals surface area contributed by atoms with Gasteiger partial charge in [-0.15, -0.1) is 0 Å². The third kappa shape index (κ3) is 5.23. The number of primary amides is 1. The van der Waals surface area contributed by atoms with Crippen molar-refractivity contribution in [2.45, 2.75) is 18.9 Å². The number of carbonyl (C=O) groups is 2. The summed E-state index contributed by atoms with van der Waals surface area (Å²) >= 11 is 0. The normalized spacial score (nSPS) is 11.7. The van der Waals surface area contributed by atoms with Gasteiger partial charge >= 0.3 is 0 Å². The molecule has 0 aliphatic rings. The third-order valence-corrected chi connectivity index (χ3v) is 4.68. The van der Waals surface area contributed by atoms with Gasteiger partial charge in [-0.3, -0.25) is 9.59 Å². The minimum absolute atomic E-state index is 0.0138. The maximum atomic E-state index is 13.0. The molecule has 0 aliphatic heterocycles. The topological polar surface area (TPSA) is 81.4 Å². The Morgan fingerprint density at radius 3 is 1.93 bits per heavy atom. The van der Waals surface area contributed by atoms with Crippen LogP contribution in [0.15, 0.2) is 84.9 Å². The number of amides is 2. The molecule has 0 heterocycles. The van der Waals surface area contributed by atoms with E-state index in [2.05, 4.69) is 29.6 Å². The summed E-state index contributed by atoms with van der Waals surface area (Å²) in [7, 11) is 0. The fourth-order valence-electron chi connectivity index (χ4n) is 3.39. The molecule has 0 saturated carbocycles.